The number of nitrogens with one attached hydrogen (secondary N) is 1. The molecule has 1 aromatic carbocycles. The molecule has 0 saturated carbocycles. The van der Waals surface area contributed by atoms with Gasteiger partial charge in [0.05, 0.1) is 28.6 Å². The minimum Gasteiger partial charge on any atom is -0.454 e. The number of carbonyl (C=O) groups excluding carboxylic acids is 1. The van der Waals surface area contributed by atoms with Gasteiger partial charge in [0.2, 0.25) is 0 Å². The number of rotatable bonds is 6. The van der Waals surface area contributed by atoms with Gasteiger partial charge in [-0.2, -0.15) is 13.9 Å². The average Bonchev–Trinajstić information content (AvgIpc) is 3.18. The normalized spacial score (nSPS) is 11.1. The molecule has 3 rings (SSSR count). The van der Waals surface area contributed by atoms with Crippen LogP contribution in [0.1, 0.15) is 33.3 Å². The fraction of sp³-hybridized carbons (Fsp3) is 0.263. The minimum atomic E-state index is -3.00. The van der Waals surface area contributed by atoms with Crippen LogP contribution >= 0.6 is 11.6 Å². The molecule has 0 bridgehead atoms. The highest BCUT2D eigenvalue weighted by Crippen LogP contribution is 2.28. The number of furan rings is 1. The molecular weight excluding hydrogens is 392 g/mol. The van der Waals surface area contributed by atoms with E-state index in [0.717, 1.165) is 11.3 Å². The largest absolute Gasteiger partial charge is 0.454 e. The third kappa shape index (κ3) is 4.33. The fourth-order valence-corrected chi connectivity index (χ4v) is 2.82. The lowest BCUT2D eigenvalue weighted by Gasteiger charge is -2.12. The second kappa shape index (κ2) is 8.02. The maximum atomic E-state index is 12.6. The summed E-state index contributed by atoms with van der Waals surface area (Å²) in [6.45, 7) is 2.71. The van der Waals surface area contributed by atoms with E-state index < -0.39 is 12.5 Å². The van der Waals surface area contributed by atoms with Crippen LogP contribution in [0.15, 0.2) is 34.7 Å². The van der Waals surface area contributed by atoms with Gasteiger partial charge >= 0.3 is 6.61 Å². The number of halogens is 3. The first-order valence-electron chi connectivity index (χ1n) is 8.39. The highest BCUT2D eigenvalue weighted by atomic mass is 35.5. The summed E-state index contributed by atoms with van der Waals surface area (Å²) >= 11 is 6.13. The van der Waals surface area contributed by atoms with Gasteiger partial charge in [-0.05, 0) is 50.6 Å². The number of hydrogen-bond donors (Lipinski definition) is 1. The third-order valence-corrected chi connectivity index (χ3v) is 4.63. The van der Waals surface area contributed by atoms with Crippen molar-refractivity contribution in [3.8, 4) is 5.75 Å². The van der Waals surface area contributed by atoms with Crippen LogP contribution in [0.5, 0.6) is 5.75 Å². The molecule has 0 aliphatic heterocycles. The van der Waals surface area contributed by atoms with Crippen molar-refractivity contribution in [1.29, 1.82) is 0 Å². The number of ether oxygens (including phenoxy) is 1. The molecule has 0 saturated heterocycles. The van der Waals surface area contributed by atoms with Crippen LogP contribution in [0, 0.1) is 20.8 Å². The van der Waals surface area contributed by atoms with E-state index in [1.807, 2.05) is 6.92 Å². The average molecular weight is 410 g/mol. The first-order chi connectivity index (χ1) is 13.2. The summed E-state index contributed by atoms with van der Waals surface area (Å²) in [5, 5.41) is 7.43. The van der Waals surface area contributed by atoms with Crippen LogP contribution < -0.4 is 10.1 Å². The van der Waals surface area contributed by atoms with Gasteiger partial charge < -0.3 is 14.5 Å². The molecule has 0 spiro atoms. The summed E-state index contributed by atoms with van der Waals surface area (Å²) in [6, 6.07) is 7.67. The van der Waals surface area contributed by atoms with E-state index in [1.54, 1.807) is 30.7 Å². The van der Waals surface area contributed by atoms with Crippen LogP contribution in [0.2, 0.25) is 5.02 Å². The van der Waals surface area contributed by atoms with Crippen molar-refractivity contribution in [2.24, 2.45) is 0 Å². The number of nitrogens with zero attached hydrogens (tertiary/aromatic N) is 2. The lowest BCUT2D eigenvalue weighted by Crippen LogP contribution is -2.13. The van der Waals surface area contributed by atoms with E-state index in [2.05, 4.69) is 15.2 Å². The van der Waals surface area contributed by atoms with Crippen molar-refractivity contribution >= 4 is 23.2 Å². The fourth-order valence-electron chi connectivity index (χ4n) is 2.69. The number of hydrogen-bond acceptors (Lipinski definition) is 4. The number of anilines is 1. The van der Waals surface area contributed by atoms with E-state index in [-0.39, 0.29) is 17.2 Å². The third-order valence-electron chi connectivity index (χ3n) is 4.08. The van der Waals surface area contributed by atoms with Gasteiger partial charge in [-0.1, -0.05) is 17.7 Å². The molecule has 148 valence electrons. The van der Waals surface area contributed by atoms with Gasteiger partial charge in [-0.25, -0.2) is 0 Å². The second-order valence-electron chi connectivity index (χ2n) is 6.24. The Morgan fingerprint density at radius 1 is 1.29 bits per heavy atom. The molecule has 9 heteroatoms. The summed E-state index contributed by atoms with van der Waals surface area (Å²) in [5.74, 6) is -0.173. The second-order valence-corrected chi connectivity index (χ2v) is 6.62. The summed E-state index contributed by atoms with van der Waals surface area (Å²) in [5.41, 5.74) is 2.40. The SMILES string of the molecule is Cc1ccc(OC(F)F)c(NC(=O)c2ccc(Cn3nc(C)c(Cl)c3C)o2)c1. The van der Waals surface area contributed by atoms with E-state index in [9.17, 15) is 13.6 Å². The first kappa shape index (κ1) is 19.9. The number of carbonyl (C=O) groups is 1. The molecule has 0 aliphatic carbocycles. The van der Waals surface area contributed by atoms with Gasteiger partial charge in [0.25, 0.3) is 5.91 Å². The number of aromatic nitrogens is 2. The Morgan fingerprint density at radius 2 is 2.04 bits per heavy atom. The topological polar surface area (TPSA) is 69.3 Å². The highest BCUT2D eigenvalue weighted by molar-refractivity contribution is 6.31. The van der Waals surface area contributed by atoms with Gasteiger partial charge in [0.15, 0.2) is 5.76 Å². The Balaban J connectivity index is 1.76. The van der Waals surface area contributed by atoms with E-state index in [1.165, 1.54) is 18.2 Å². The Hall–Kier alpha value is -2.87. The van der Waals surface area contributed by atoms with Crippen LogP contribution in [-0.2, 0) is 6.54 Å². The van der Waals surface area contributed by atoms with Gasteiger partial charge in [-0.3, -0.25) is 9.48 Å². The molecule has 1 N–H and O–H groups in total. The molecule has 0 aliphatic rings. The quantitative estimate of drug-likeness (QED) is 0.625. The smallest absolute Gasteiger partial charge is 0.387 e. The molecule has 0 unspecified atom stereocenters. The maximum absolute atomic E-state index is 12.6. The highest BCUT2D eigenvalue weighted by Gasteiger charge is 2.17. The number of alkyl halides is 2. The maximum Gasteiger partial charge on any atom is 0.387 e. The zero-order valence-corrected chi connectivity index (χ0v) is 16.2. The van der Waals surface area contributed by atoms with Gasteiger partial charge in [0.1, 0.15) is 11.5 Å². The summed E-state index contributed by atoms with van der Waals surface area (Å²) in [7, 11) is 0. The Labute approximate surface area is 165 Å². The summed E-state index contributed by atoms with van der Waals surface area (Å²) < 4.78 is 36.8. The number of benzene rings is 1. The Kier molecular flexibility index (Phi) is 5.69. The van der Waals surface area contributed by atoms with Crippen molar-refractivity contribution in [2.75, 3.05) is 5.32 Å². The molecule has 2 aromatic heterocycles. The molecule has 6 nitrogen and oxygen atoms in total. The van der Waals surface area contributed by atoms with Crippen molar-refractivity contribution in [1.82, 2.24) is 9.78 Å². The molecule has 0 radical (unpaired) electrons. The van der Waals surface area contributed by atoms with Crippen molar-refractivity contribution in [3.05, 3.63) is 63.8 Å². The van der Waals surface area contributed by atoms with Crippen molar-refractivity contribution in [3.63, 3.8) is 0 Å². The van der Waals surface area contributed by atoms with Crippen molar-refractivity contribution in [2.45, 2.75) is 33.9 Å². The lowest BCUT2D eigenvalue weighted by atomic mass is 10.2. The lowest BCUT2D eigenvalue weighted by molar-refractivity contribution is -0.0493. The summed E-state index contributed by atoms with van der Waals surface area (Å²) in [4.78, 5) is 12.5. The van der Waals surface area contributed by atoms with E-state index >= 15 is 0 Å². The molecule has 3 aromatic rings. The minimum absolute atomic E-state index is 0.0344. The van der Waals surface area contributed by atoms with Gasteiger partial charge in [0, 0.05) is 0 Å². The Bertz CT molecular complexity index is 1010. The van der Waals surface area contributed by atoms with Crippen LogP contribution in [0.25, 0.3) is 0 Å². The standard InChI is InChI=1S/C19H18ClF2N3O3/c1-10-4-6-15(28-19(21)22)14(8-10)23-18(26)16-7-5-13(27-16)9-25-12(3)17(20)11(2)24-25/h4-8,19H,9H2,1-3H3,(H,23,26). The monoisotopic (exact) mass is 409 g/mol. The molecule has 1 amide bonds. The van der Waals surface area contributed by atoms with E-state index in [4.69, 9.17) is 16.0 Å². The molecule has 2 heterocycles. The zero-order chi connectivity index (χ0) is 20.4. The molecular formula is C19H18ClF2N3O3. The molecule has 0 fully saturated rings. The van der Waals surface area contributed by atoms with Gasteiger partial charge in [-0.15, -0.1) is 0 Å². The Morgan fingerprint density at radius 3 is 2.68 bits per heavy atom. The number of amides is 1. The first-order valence-corrected chi connectivity index (χ1v) is 8.77. The number of aryl methyl sites for hydroxylation is 2. The van der Waals surface area contributed by atoms with Crippen LogP contribution in [0.4, 0.5) is 14.5 Å². The molecule has 28 heavy (non-hydrogen) atoms. The van der Waals surface area contributed by atoms with Crippen LogP contribution in [-0.4, -0.2) is 22.3 Å². The zero-order valence-electron chi connectivity index (χ0n) is 15.4. The predicted molar refractivity (Wildman–Crippen MR) is 100 cm³/mol. The predicted octanol–water partition coefficient (Wildman–Crippen LogP) is 4.96. The summed E-state index contributed by atoms with van der Waals surface area (Å²) in [6.07, 6.45) is 0. The molecule has 0 atom stereocenters. The van der Waals surface area contributed by atoms with Crippen molar-refractivity contribution < 1.29 is 22.7 Å². The van der Waals surface area contributed by atoms with E-state index in [0.29, 0.717) is 23.0 Å². The van der Waals surface area contributed by atoms with Crippen LogP contribution in [0.3, 0.4) is 0 Å².